The quantitative estimate of drug-likeness (QED) is 0.599. The number of benzene rings is 2. The van der Waals surface area contributed by atoms with E-state index in [4.69, 9.17) is 21.4 Å². The van der Waals surface area contributed by atoms with E-state index in [0.717, 1.165) is 39.3 Å². The zero-order chi connectivity index (χ0) is 18.1. The van der Waals surface area contributed by atoms with Gasteiger partial charge in [-0.05, 0) is 54.4 Å². The summed E-state index contributed by atoms with van der Waals surface area (Å²) in [6.07, 6.45) is 0.812. The number of halogens is 1. The highest BCUT2D eigenvalue weighted by atomic mass is 35.5. The van der Waals surface area contributed by atoms with Crippen molar-refractivity contribution in [3.05, 3.63) is 75.8 Å². The van der Waals surface area contributed by atoms with Crippen LogP contribution in [0.2, 0.25) is 5.02 Å². The summed E-state index contributed by atoms with van der Waals surface area (Å²) in [5.74, 6) is 0.842. The first-order valence-electron chi connectivity index (χ1n) is 8.33. The molecule has 0 unspecified atom stereocenters. The highest BCUT2D eigenvalue weighted by Crippen LogP contribution is 2.38. The molecule has 4 nitrogen and oxygen atoms in total. The summed E-state index contributed by atoms with van der Waals surface area (Å²) in [7, 11) is 1.67. The average molecular weight is 384 g/mol. The zero-order valence-electron chi connectivity index (χ0n) is 14.5. The fourth-order valence-electron chi connectivity index (χ4n) is 3.04. The number of hydrogen-bond donors (Lipinski definition) is 0. The number of hydrazone groups is 1. The van der Waals surface area contributed by atoms with Gasteiger partial charge < -0.3 is 4.74 Å². The van der Waals surface area contributed by atoms with Gasteiger partial charge in [0.05, 0.1) is 24.6 Å². The van der Waals surface area contributed by atoms with E-state index >= 15 is 0 Å². The molecule has 1 aliphatic heterocycles. The van der Waals surface area contributed by atoms with Gasteiger partial charge in [-0.3, -0.25) is 0 Å². The number of hydrogen-bond acceptors (Lipinski definition) is 5. The molecule has 1 atom stereocenters. The van der Waals surface area contributed by atoms with Gasteiger partial charge in [0.15, 0.2) is 0 Å². The molecule has 6 heteroatoms. The molecule has 1 aromatic heterocycles. The third kappa shape index (κ3) is 3.32. The first-order chi connectivity index (χ1) is 12.6. The van der Waals surface area contributed by atoms with E-state index in [-0.39, 0.29) is 6.04 Å². The molecular formula is C20H18ClN3OS. The van der Waals surface area contributed by atoms with E-state index in [1.807, 2.05) is 48.3 Å². The normalized spacial score (nSPS) is 16.7. The van der Waals surface area contributed by atoms with Crippen molar-refractivity contribution < 1.29 is 4.74 Å². The number of methoxy groups -OCH3 is 1. The van der Waals surface area contributed by atoms with Gasteiger partial charge in [0.25, 0.3) is 0 Å². The lowest BCUT2D eigenvalue weighted by molar-refractivity contribution is 0.415. The standard InChI is InChI=1S/C20H18ClN3OS/c1-13-12-26-20(22-13)24-19(15-3-7-16(21)8-4-15)11-18(23-24)14-5-9-17(25-2)10-6-14/h3-10,12,19H,11H2,1-2H3/t19-/m1/s1. The minimum atomic E-state index is 0.106. The monoisotopic (exact) mass is 383 g/mol. The molecule has 0 saturated heterocycles. The number of thiazole rings is 1. The Morgan fingerprint density at radius 2 is 1.85 bits per heavy atom. The minimum Gasteiger partial charge on any atom is -0.497 e. The highest BCUT2D eigenvalue weighted by Gasteiger charge is 2.31. The summed E-state index contributed by atoms with van der Waals surface area (Å²) in [4.78, 5) is 4.63. The Kier molecular flexibility index (Phi) is 4.66. The second kappa shape index (κ2) is 7.09. The first-order valence-corrected chi connectivity index (χ1v) is 9.58. The molecule has 2 aromatic carbocycles. The molecule has 26 heavy (non-hydrogen) atoms. The third-order valence-corrected chi connectivity index (χ3v) is 5.59. The predicted molar refractivity (Wildman–Crippen MR) is 108 cm³/mol. The fourth-order valence-corrected chi connectivity index (χ4v) is 3.96. The molecule has 3 aromatic rings. The van der Waals surface area contributed by atoms with Crippen LogP contribution < -0.4 is 9.75 Å². The summed E-state index contributed by atoms with van der Waals surface area (Å²) in [5.41, 5.74) is 4.32. The highest BCUT2D eigenvalue weighted by molar-refractivity contribution is 7.13. The van der Waals surface area contributed by atoms with Crippen molar-refractivity contribution >= 4 is 33.8 Å². The SMILES string of the molecule is COc1ccc(C2=NN(c3nc(C)cs3)[C@@H](c3ccc(Cl)cc3)C2)cc1. The average Bonchev–Trinajstić information content (AvgIpc) is 3.29. The molecule has 0 N–H and O–H groups in total. The molecule has 0 spiro atoms. The van der Waals surface area contributed by atoms with Crippen molar-refractivity contribution in [2.24, 2.45) is 5.10 Å². The molecule has 1 aliphatic rings. The van der Waals surface area contributed by atoms with Crippen LogP contribution in [0.1, 0.15) is 29.3 Å². The van der Waals surface area contributed by atoms with E-state index in [1.54, 1.807) is 18.4 Å². The van der Waals surface area contributed by atoms with Gasteiger partial charge >= 0.3 is 0 Å². The van der Waals surface area contributed by atoms with Crippen LogP contribution in [0.5, 0.6) is 5.75 Å². The van der Waals surface area contributed by atoms with Crippen molar-refractivity contribution in [3.8, 4) is 5.75 Å². The summed E-state index contributed by atoms with van der Waals surface area (Å²) in [6.45, 7) is 2.00. The Morgan fingerprint density at radius 3 is 2.46 bits per heavy atom. The molecule has 0 aliphatic carbocycles. The van der Waals surface area contributed by atoms with Crippen LogP contribution in [0, 0.1) is 6.92 Å². The van der Waals surface area contributed by atoms with Crippen LogP contribution in [-0.2, 0) is 0 Å². The molecule has 0 saturated carbocycles. The van der Waals surface area contributed by atoms with Gasteiger partial charge in [0.1, 0.15) is 5.75 Å². The molecule has 0 radical (unpaired) electrons. The number of anilines is 1. The Hall–Kier alpha value is -2.37. The maximum Gasteiger partial charge on any atom is 0.206 e. The summed E-state index contributed by atoms with van der Waals surface area (Å²) in [5, 5.41) is 10.6. The van der Waals surface area contributed by atoms with Crippen molar-refractivity contribution in [3.63, 3.8) is 0 Å². The van der Waals surface area contributed by atoms with Gasteiger partial charge in [-0.2, -0.15) is 5.10 Å². The maximum absolute atomic E-state index is 6.06. The Bertz CT molecular complexity index is 934. The van der Waals surface area contributed by atoms with Crippen molar-refractivity contribution in [1.29, 1.82) is 0 Å². The molecular weight excluding hydrogens is 366 g/mol. The van der Waals surface area contributed by atoms with Gasteiger partial charge in [-0.15, -0.1) is 11.3 Å². The number of aromatic nitrogens is 1. The second-order valence-electron chi connectivity index (χ2n) is 6.16. The van der Waals surface area contributed by atoms with E-state index in [0.29, 0.717) is 0 Å². The molecule has 4 rings (SSSR count). The summed E-state index contributed by atoms with van der Waals surface area (Å²) < 4.78 is 5.26. The van der Waals surface area contributed by atoms with E-state index in [9.17, 15) is 0 Å². The van der Waals surface area contributed by atoms with Crippen LogP contribution in [0.3, 0.4) is 0 Å². The van der Waals surface area contributed by atoms with Gasteiger partial charge in [0.2, 0.25) is 5.13 Å². The predicted octanol–water partition coefficient (Wildman–Crippen LogP) is 5.47. The van der Waals surface area contributed by atoms with E-state index < -0.39 is 0 Å². The molecule has 132 valence electrons. The Labute approximate surface area is 161 Å². The second-order valence-corrected chi connectivity index (χ2v) is 7.44. The summed E-state index contributed by atoms with van der Waals surface area (Å²) >= 11 is 7.68. The smallest absolute Gasteiger partial charge is 0.206 e. The molecule has 0 amide bonds. The number of aryl methyl sites for hydroxylation is 1. The van der Waals surface area contributed by atoms with Crippen molar-refractivity contribution in [2.45, 2.75) is 19.4 Å². The first kappa shape index (κ1) is 17.1. The molecule has 0 fully saturated rings. The van der Waals surface area contributed by atoms with Crippen molar-refractivity contribution in [1.82, 2.24) is 4.98 Å². The number of rotatable bonds is 4. The topological polar surface area (TPSA) is 37.7 Å². The van der Waals surface area contributed by atoms with Gasteiger partial charge in [-0.25, -0.2) is 9.99 Å². The van der Waals surface area contributed by atoms with Gasteiger partial charge in [0, 0.05) is 16.8 Å². The Balaban J connectivity index is 1.71. The van der Waals surface area contributed by atoms with Crippen LogP contribution in [0.25, 0.3) is 0 Å². The van der Waals surface area contributed by atoms with Crippen molar-refractivity contribution in [2.75, 3.05) is 12.1 Å². The lowest BCUT2D eigenvalue weighted by atomic mass is 9.98. The van der Waals surface area contributed by atoms with Crippen LogP contribution in [0.4, 0.5) is 5.13 Å². The van der Waals surface area contributed by atoms with Crippen LogP contribution in [0.15, 0.2) is 59.0 Å². The number of nitrogens with zero attached hydrogens (tertiary/aromatic N) is 3. The largest absolute Gasteiger partial charge is 0.497 e. The fraction of sp³-hybridized carbons (Fsp3) is 0.200. The summed E-state index contributed by atoms with van der Waals surface area (Å²) in [6, 6.07) is 16.1. The van der Waals surface area contributed by atoms with Gasteiger partial charge in [-0.1, -0.05) is 23.7 Å². The maximum atomic E-state index is 6.06. The van der Waals surface area contributed by atoms with E-state index in [1.165, 1.54) is 5.56 Å². The molecule has 2 heterocycles. The van der Waals surface area contributed by atoms with E-state index in [2.05, 4.69) is 22.5 Å². The lowest BCUT2D eigenvalue weighted by Gasteiger charge is -2.21. The lowest BCUT2D eigenvalue weighted by Crippen LogP contribution is -2.18. The van der Waals surface area contributed by atoms with Crippen LogP contribution in [-0.4, -0.2) is 17.8 Å². The number of ether oxygens (including phenoxy) is 1. The minimum absolute atomic E-state index is 0.106. The molecule has 0 bridgehead atoms. The zero-order valence-corrected chi connectivity index (χ0v) is 16.1. The van der Waals surface area contributed by atoms with Crippen LogP contribution >= 0.6 is 22.9 Å². The Morgan fingerprint density at radius 1 is 1.12 bits per heavy atom. The third-order valence-electron chi connectivity index (χ3n) is 4.39.